The number of hydrogen-bond acceptors (Lipinski definition) is 3. The maximum atomic E-state index is 13.0. The Bertz CT molecular complexity index is 1170. The molecule has 1 N–H and O–H groups in total. The van der Waals surface area contributed by atoms with E-state index in [-0.39, 0.29) is 21.8 Å². The lowest BCUT2D eigenvalue weighted by Crippen LogP contribution is -2.05. The Morgan fingerprint density at radius 3 is 2.00 bits per heavy atom. The summed E-state index contributed by atoms with van der Waals surface area (Å²) >= 11 is 0. The summed E-state index contributed by atoms with van der Waals surface area (Å²) in [6.45, 7) is 0. The summed E-state index contributed by atoms with van der Waals surface area (Å²) in [6.07, 6.45) is -4.84. The van der Waals surface area contributed by atoms with Gasteiger partial charge in [0.25, 0.3) is 0 Å². The minimum Gasteiger partial charge on any atom is -0.481 e. The van der Waals surface area contributed by atoms with Crippen LogP contribution in [0.2, 0.25) is 0 Å². The Labute approximate surface area is 165 Å². The Kier molecular flexibility index (Phi) is 5.48. The molecule has 3 aromatic rings. The minimum atomic E-state index is -4.51. The summed E-state index contributed by atoms with van der Waals surface area (Å²) in [7, 11) is -3.98. The van der Waals surface area contributed by atoms with E-state index >= 15 is 0 Å². The molecule has 0 bridgehead atoms. The van der Waals surface area contributed by atoms with Gasteiger partial charge in [0, 0.05) is 0 Å². The summed E-state index contributed by atoms with van der Waals surface area (Å²) in [4.78, 5) is 10.7. The number of halogens is 3. The van der Waals surface area contributed by atoms with Crippen LogP contribution < -0.4 is 0 Å². The first-order valence-corrected chi connectivity index (χ1v) is 9.89. The second-order valence-electron chi connectivity index (χ2n) is 6.33. The van der Waals surface area contributed by atoms with Crippen LogP contribution in [-0.4, -0.2) is 19.5 Å². The van der Waals surface area contributed by atoms with E-state index in [1.54, 1.807) is 0 Å². The van der Waals surface area contributed by atoms with Crippen molar-refractivity contribution in [1.82, 2.24) is 0 Å². The molecule has 0 unspecified atom stereocenters. The standard InChI is InChI=1S/C21H15F3O4S/c22-21(23,24)17-7-2-5-15(12-17)16-6-3-9-19(13-16)29(27,28)18-8-1-4-14(10-18)11-20(25)26/h1-10,12-13H,11H2,(H,25,26). The van der Waals surface area contributed by atoms with Crippen molar-refractivity contribution >= 4 is 15.8 Å². The van der Waals surface area contributed by atoms with Crippen LogP contribution in [0.5, 0.6) is 0 Å². The summed E-state index contributed by atoms with van der Waals surface area (Å²) in [5.41, 5.74) is 0.0487. The molecular weight excluding hydrogens is 405 g/mol. The van der Waals surface area contributed by atoms with E-state index in [1.165, 1.54) is 60.7 Å². The largest absolute Gasteiger partial charge is 0.481 e. The predicted molar refractivity (Wildman–Crippen MR) is 100 cm³/mol. The van der Waals surface area contributed by atoms with E-state index in [1.807, 2.05) is 0 Å². The monoisotopic (exact) mass is 420 g/mol. The average Bonchev–Trinajstić information content (AvgIpc) is 2.67. The molecule has 0 saturated heterocycles. The highest BCUT2D eigenvalue weighted by Gasteiger charge is 2.30. The lowest BCUT2D eigenvalue weighted by atomic mass is 10.0. The van der Waals surface area contributed by atoms with E-state index in [4.69, 9.17) is 5.11 Å². The molecule has 0 fully saturated rings. The second kappa shape index (κ2) is 7.71. The van der Waals surface area contributed by atoms with Gasteiger partial charge in [-0.2, -0.15) is 13.2 Å². The highest BCUT2D eigenvalue weighted by atomic mass is 32.2. The van der Waals surface area contributed by atoms with Crippen molar-refractivity contribution in [3.05, 3.63) is 83.9 Å². The molecule has 0 aliphatic heterocycles. The fourth-order valence-electron chi connectivity index (χ4n) is 2.85. The normalized spacial score (nSPS) is 12.0. The van der Waals surface area contributed by atoms with Crippen molar-refractivity contribution in [3.63, 3.8) is 0 Å². The fourth-order valence-corrected chi connectivity index (χ4v) is 4.23. The van der Waals surface area contributed by atoms with E-state index in [0.29, 0.717) is 11.1 Å². The van der Waals surface area contributed by atoms with Gasteiger partial charge in [-0.1, -0.05) is 36.4 Å². The zero-order valence-electron chi connectivity index (χ0n) is 14.8. The van der Waals surface area contributed by atoms with Gasteiger partial charge in [0.2, 0.25) is 9.84 Å². The van der Waals surface area contributed by atoms with Crippen LogP contribution in [0.25, 0.3) is 11.1 Å². The maximum Gasteiger partial charge on any atom is 0.416 e. The van der Waals surface area contributed by atoms with Crippen LogP contribution in [0.15, 0.2) is 82.6 Å². The first-order chi connectivity index (χ1) is 13.6. The van der Waals surface area contributed by atoms with Crippen molar-refractivity contribution in [2.75, 3.05) is 0 Å². The number of carboxylic acids is 1. The van der Waals surface area contributed by atoms with Gasteiger partial charge in [-0.15, -0.1) is 0 Å². The summed E-state index contributed by atoms with van der Waals surface area (Å²) in [6, 6.07) is 15.8. The molecule has 0 amide bonds. The van der Waals surface area contributed by atoms with Crippen LogP contribution in [0.4, 0.5) is 13.2 Å². The Morgan fingerprint density at radius 2 is 1.38 bits per heavy atom. The molecule has 0 saturated carbocycles. The van der Waals surface area contributed by atoms with Gasteiger partial charge in [0.15, 0.2) is 0 Å². The van der Waals surface area contributed by atoms with Gasteiger partial charge in [0.1, 0.15) is 0 Å². The van der Waals surface area contributed by atoms with Crippen LogP contribution in [0.3, 0.4) is 0 Å². The zero-order valence-corrected chi connectivity index (χ0v) is 15.7. The number of carbonyl (C=O) groups is 1. The summed E-state index contributed by atoms with van der Waals surface area (Å²) < 4.78 is 64.8. The Morgan fingerprint density at radius 1 is 0.828 bits per heavy atom. The van der Waals surface area contributed by atoms with Crippen molar-refractivity contribution in [3.8, 4) is 11.1 Å². The lowest BCUT2D eigenvalue weighted by Gasteiger charge is -2.11. The molecule has 4 nitrogen and oxygen atoms in total. The summed E-state index contributed by atoms with van der Waals surface area (Å²) in [5.74, 6) is -1.09. The molecule has 3 aromatic carbocycles. The number of aliphatic carboxylic acids is 1. The van der Waals surface area contributed by atoms with Gasteiger partial charge < -0.3 is 5.11 Å². The number of benzene rings is 3. The lowest BCUT2D eigenvalue weighted by molar-refractivity contribution is -0.138. The molecule has 3 rings (SSSR count). The molecule has 0 aromatic heterocycles. The SMILES string of the molecule is O=C(O)Cc1cccc(S(=O)(=O)c2cccc(-c3cccc(C(F)(F)F)c3)c2)c1. The topological polar surface area (TPSA) is 71.4 Å². The molecule has 0 atom stereocenters. The fraction of sp³-hybridized carbons (Fsp3) is 0.0952. The highest BCUT2D eigenvalue weighted by molar-refractivity contribution is 7.91. The molecule has 0 spiro atoms. The Balaban J connectivity index is 2.02. The first-order valence-electron chi connectivity index (χ1n) is 8.41. The van der Waals surface area contributed by atoms with Crippen molar-refractivity contribution in [1.29, 1.82) is 0 Å². The van der Waals surface area contributed by atoms with Gasteiger partial charge in [-0.25, -0.2) is 8.42 Å². The van der Waals surface area contributed by atoms with E-state index in [2.05, 4.69) is 0 Å². The van der Waals surface area contributed by atoms with Crippen molar-refractivity contribution < 1.29 is 31.5 Å². The zero-order chi connectivity index (χ0) is 21.2. The maximum absolute atomic E-state index is 13.0. The number of sulfone groups is 1. The molecule has 0 radical (unpaired) electrons. The molecule has 0 heterocycles. The van der Waals surface area contributed by atoms with Crippen molar-refractivity contribution in [2.24, 2.45) is 0 Å². The van der Waals surface area contributed by atoms with E-state index in [0.717, 1.165) is 12.1 Å². The third-order valence-electron chi connectivity index (χ3n) is 4.23. The minimum absolute atomic E-state index is 0.0857. The Hall–Kier alpha value is -3.13. The van der Waals surface area contributed by atoms with Gasteiger partial charge >= 0.3 is 12.1 Å². The third-order valence-corrected chi connectivity index (χ3v) is 5.98. The first kappa shape index (κ1) is 20.6. The van der Waals surface area contributed by atoms with Crippen LogP contribution in [0.1, 0.15) is 11.1 Å². The average molecular weight is 420 g/mol. The summed E-state index contributed by atoms with van der Waals surface area (Å²) in [5, 5.41) is 8.89. The number of alkyl halides is 3. The molecule has 0 aliphatic rings. The van der Waals surface area contributed by atoms with Crippen LogP contribution in [-0.2, 0) is 27.2 Å². The van der Waals surface area contributed by atoms with E-state index < -0.39 is 27.5 Å². The predicted octanol–water partition coefficient (Wildman–Crippen LogP) is 4.83. The molecular formula is C21H15F3O4S. The number of rotatable bonds is 5. The molecule has 8 heteroatoms. The number of hydrogen-bond donors (Lipinski definition) is 1. The number of carboxylic acid groups (broad SMARTS) is 1. The highest BCUT2D eigenvalue weighted by Crippen LogP contribution is 2.33. The third kappa shape index (κ3) is 4.65. The molecule has 29 heavy (non-hydrogen) atoms. The van der Waals surface area contributed by atoms with Crippen molar-refractivity contribution in [2.45, 2.75) is 22.4 Å². The van der Waals surface area contributed by atoms with Gasteiger partial charge in [0.05, 0.1) is 21.8 Å². The van der Waals surface area contributed by atoms with Gasteiger partial charge in [-0.3, -0.25) is 4.79 Å². The molecule has 0 aliphatic carbocycles. The smallest absolute Gasteiger partial charge is 0.416 e. The molecule has 150 valence electrons. The second-order valence-corrected chi connectivity index (χ2v) is 8.28. The van der Waals surface area contributed by atoms with E-state index in [9.17, 15) is 26.4 Å². The van der Waals surface area contributed by atoms with Crippen LogP contribution >= 0.6 is 0 Å². The van der Waals surface area contributed by atoms with Gasteiger partial charge in [-0.05, 0) is 53.1 Å². The van der Waals surface area contributed by atoms with Crippen LogP contribution in [0, 0.1) is 0 Å². The quantitative estimate of drug-likeness (QED) is 0.642.